The molecule has 0 spiro atoms. The first-order valence-electron chi connectivity index (χ1n) is 17.4. The molecule has 5 aromatic carbocycles. The molecule has 5 aromatic rings. The zero-order chi connectivity index (χ0) is 35.6. The number of nitrogens with zero attached hydrogens (tertiary/aromatic N) is 3. The molecule has 1 fully saturated rings. The Labute approximate surface area is 301 Å². The van der Waals surface area contributed by atoms with Gasteiger partial charge in [0.25, 0.3) is 10.0 Å². The van der Waals surface area contributed by atoms with E-state index in [1.54, 1.807) is 40.6 Å². The lowest BCUT2D eigenvalue weighted by Crippen LogP contribution is -2.64. The number of rotatable bonds is 14. The first-order chi connectivity index (χ1) is 24.8. The van der Waals surface area contributed by atoms with E-state index in [9.17, 15) is 18.3 Å². The predicted octanol–water partition coefficient (Wildman–Crippen LogP) is 8.31. The molecule has 9 heteroatoms. The predicted molar refractivity (Wildman–Crippen MR) is 201 cm³/mol. The van der Waals surface area contributed by atoms with Crippen LogP contribution < -0.4 is 9.04 Å². The van der Waals surface area contributed by atoms with Gasteiger partial charge in [0, 0.05) is 25.6 Å². The van der Waals surface area contributed by atoms with E-state index in [1.165, 1.54) is 5.56 Å². The van der Waals surface area contributed by atoms with Crippen molar-refractivity contribution in [2.75, 3.05) is 18.0 Å². The summed E-state index contributed by atoms with van der Waals surface area (Å²) in [6.45, 7) is 1.16. The van der Waals surface area contributed by atoms with Gasteiger partial charge in [-0.15, -0.1) is 0 Å². The highest BCUT2D eigenvalue weighted by molar-refractivity contribution is 7.92. The fourth-order valence-electron chi connectivity index (χ4n) is 7.37. The van der Waals surface area contributed by atoms with Gasteiger partial charge in [0.15, 0.2) is 0 Å². The molecule has 1 heterocycles. The molecule has 0 aromatic heterocycles. The maximum atomic E-state index is 14.9. The van der Waals surface area contributed by atoms with Crippen molar-refractivity contribution in [2.24, 2.45) is 5.92 Å². The maximum absolute atomic E-state index is 14.9. The molecule has 1 aliphatic rings. The van der Waals surface area contributed by atoms with Gasteiger partial charge in [-0.1, -0.05) is 109 Å². The van der Waals surface area contributed by atoms with E-state index in [2.05, 4.69) is 41.3 Å². The van der Waals surface area contributed by atoms with E-state index < -0.39 is 28.3 Å². The highest BCUT2D eigenvalue weighted by atomic mass is 32.2. The number of piperidine rings is 1. The number of hydrogen-bond acceptors (Lipinski definition) is 5. The minimum Gasteiger partial charge on any atom is -0.497 e. The van der Waals surface area contributed by atoms with Gasteiger partial charge in [-0.05, 0) is 78.8 Å². The van der Waals surface area contributed by atoms with Crippen molar-refractivity contribution < 1.29 is 23.1 Å². The van der Waals surface area contributed by atoms with Crippen molar-refractivity contribution in [2.45, 2.75) is 55.9 Å². The van der Waals surface area contributed by atoms with Gasteiger partial charge in [-0.3, -0.25) is 14.1 Å². The molecule has 3 atom stereocenters. The molecule has 51 heavy (non-hydrogen) atoms. The number of methoxy groups -OCH3 is 1. The molecule has 6 rings (SSSR count). The molecule has 1 aliphatic heterocycles. The molecule has 1 N–H and O–H groups in total. The number of para-hydroxylation sites is 1. The number of aryl methyl sites for hydroxylation is 1. The summed E-state index contributed by atoms with van der Waals surface area (Å²) in [5, 5.41) is 10.8. The van der Waals surface area contributed by atoms with E-state index in [4.69, 9.17) is 4.74 Å². The Bertz CT molecular complexity index is 1890. The van der Waals surface area contributed by atoms with Gasteiger partial charge in [0.05, 0.1) is 29.9 Å². The largest absolute Gasteiger partial charge is 0.497 e. The van der Waals surface area contributed by atoms with E-state index in [0.717, 1.165) is 24.0 Å². The Hall–Kier alpha value is -5.12. The fourth-order valence-corrected chi connectivity index (χ4v) is 9.09. The van der Waals surface area contributed by atoms with Gasteiger partial charge in [-0.25, -0.2) is 13.2 Å². The number of likely N-dealkylation sites (tertiary alicyclic amines) is 1. The van der Waals surface area contributed by atoms with Crippen LogP contribution in [0.5, 0.6) is 5.75 Å². The van der Waals surface area contributed by atoms with E-state index >= 15 is 0 Å². The van der Waals surface area contributed by atoms with Crippen molar-refractivity contribution in [3.63, 3.8) is 0 Å². The Morgan fingerprint density at radius 2 is 1.25 bits per heavy atom. The summed E-state index contributed by atoms with van der Waals surface area (Å²) in [7, 11) is -2.55. The van der Waals surface area contributed by atoms with Crippen molar-refractivity contribution in [1.82, 2.24) is 9.80 Å². The number of ether oxygens (including phenoxy) is 1. The lowest BCUT2D eigenvalue weighted by atomic mass is 9.83. The topological polar surface area (TPSA) is 90.4 Å². The SMILES string of the molecule is COc1ccc(S(=O)(=O)N(c2ccccc2)C2CCN(C(=O)O)[C@H](N(Cc3ccccc3)Cc3ccccc3)C2CCCc2ccccc2)cc1. The normalized spacial score (nSPS) is 17.6. The van der Waals surface area contributed by atoms with E-state index in [1.807, 2.05) is 84.9 Å². The number of carboxylic acid groups (broad SMARTS) is 1. The van der Waals surface area contributed by atoms with Crippen LogP contribution in [0, 0.1) is 5.92 Å². The fraction of sp³-hybridized carbons (Fsp3) is 0.262. The second kappa shape index (κ2) is 16.7. The Kier molecular flexibility index (Phi) is 11.7. The highest BCUT2D eigenvalue weighted by Crippen LogP contribution is 2.40. The summed E-state index contributed by atoms with van der Waals surface area (Å²) in [6, 6.07) is 45.5. The third-order valence-corrected chi connectivity index (χ3v) is 11.6. The molecule has 0 saturated carbocycles. The molecular formula is C42H45N3O5S. The highest BCUT2D eigenvalue weighted by Gasteiger charge is 2.48. The van der Waals surface area contributed by atoms with Crippen molar-refractivity contribution in [3.05, 3.63) is 162 Å². The molecule has 0 radical (unpaired) electrons. The number of amides is 1. The van der Waals surface area contributed by atoms with Gasteiger partial charge in [0.1, 0.15) is 5.75 Å². The Balaban J connectivity index is 1.48. The summed E-state index contributed by atoms with van der Waals surface area (Å²) >= 11 is 0. The third-order valence-electron chi connectivity index (χ3n) is 9.71. The van der Waals surface area contributed by atoms with Gasteiger partial charge in [-0.2, -0.15) is 0 Å². The van der Waals surface area contributed by atoms with Crippen molar-refractivity contribution in [1.29, 1.82) is 0 Å². The van der Waals surface area contributed by atoms with Crippen LogP contribution in [-0.2, 0) is 29.5 Å². The smallest absolute Gasteiger partial charge is 0.408 e. The number of carbonyl (C=O) groups is 1. The molecule has 0 bridgehead atoms. The van der Waals surface area contributed by atoms with Crippen LogP contribution in [0.4, 0.5) is 10.5 Å². The quantitative estimate of drug-likeness (QED) is 0.125. The molecular weight excluding hydrogens is 659 g/mol. The minimum atomic E-state index is -4.10. The van der Waals surface area contributed by atoms with Crippen LogP contribution in [0.3, 0.4) is 0 Å². The second-order valence-corrected chi connectivity index (χ2v) is 14.8. The second-order valence-electron chi connectivity index (χ2n) is 13.0. The monoisotopic (exact) mass is 703 g/mol. The van der Waals surface area contributed by atoms with Crippen LogP contribution in [0.1, 0.15) is 36.0 Å². The number of benzene rings is 5. The first-order valence-corrected chi connectivity index (χ1v) is 18.9. The van der Waals surface area contributed by atoms with Gasteiger partial charge >= 0.3 is 6.09 Å². The summed E-state index contributed by atoms with van der Waals surface area (Å²) in [4.78, 5) is 17.1. The lowest BCUT2D eigenvalue weighted by molar-refractivity contribution is -0.0355. The van der Waals surface area contributed by atoms with Gasteiger partial charge in [0.2, 0.25) is 0 Å². The summed E-state index contributed by atoms with van der Waals surface area (Å²) in [5.74, 6) is 0.186. The molecule has 0 aliphatic carbocycles. The average molecular weight is 704 g/mol. The standard InChI is InChI=1S/C42H45N3O5S/c1-50-37-25-27-38(28-26-37)51(48,49)45(36-22-12-5-13-23-36)40-29-30-44(42(46)47)41(39(40)24-14-21-33-15-6-2-7-16-33)43(31-34-17-8-3-9-18-34)32-35-19-10-4-11-20-35/h2-13,15-20,22-23,25-28,39-41H,14,21,24,29-32H2,1H3,(H,46,47)/t39?,40?,41-/m0/s1. The zero-order valence-corrected chi connectivity index (χ0v) is 29.7. The zero-order valence-electron chi connectivity index (χ0n) is 28.9. The minimum absolute atomic E-state index is 0.151. The van der Waals surface area contributed by atoms with E-state index in [0.29, 0.717) is 37.4 Å². The number of sulfonamides is 1. The molecule has 1 saturated heterocycles. The van der Waals surface area contributed by atoms with Crippen LogP contribution in [0.25, 0.3) is 0 Å². The lowest BCUT2D eigenvalue weighted by Gasteiger charge is -2.52. The number of hydrogen-bond donors (Lipinski definition) is 1. The van der Waals surface area contributed by atoms with Crippen molar-refractivity contribution in [3.8, 4) is 5.75 Å². The van der Waals surface area contributed by atoms with Gasteiger partial charge < -0.3 is 9.84 Å². The third kappa shape index (κ3) is 8.61. The Morgan fingerprint density at radius 1 is 0.745 bits per heavy atom. The molecule has 1 amide bonds. The first kappa shape index (κ1) is 35.7. The summed E-state index contributed by atoms with van der Waals surface area (Å²) in [5.41, 5.74) is 3.84. The summed E-state index contributed by atoms with van der Waals surface area (Å²) in [6.07, 6.45) is 0.864. The maximum Gasteiger partial charge on any atom is 0.408 e. The average Bonchev–Trinajstić information content (AvgIpc) is 3.16. The molecule has 8 nitrogen and oxygen atoms in total. The van der Waals surface area contributed by atoms with E-state index in [-0.39, 0.29) is 17.4 Å². The number of anilines is 1. The van der Waals surface area contributed by atoms with Crippen LogP contribution in [0.2, 0.25) is 0 Å². The molecule has 2 unspecified atom stereocenters. The van der Waals surface area contributed by atoms with Crippen molar-refractivity contribution >= 4 is 21.8 Å². The van der Waals surface area contributed by atoms with Crippen LogP contribution in [-0.4, -0.2) is 55.3 Å². The Morgan fingerprint density at radius 3 is 1.76 bits per heavy atom. The van der Waals surface area contributed by atoms with Crippen LogP contribution in [0.15, 0.2) is 150 Å². The summed E-state index contributed by atoms with van der Waals surface area (Å²) < 4.78 is 36.7. The van der Waals surface area contributed by atoms with Crippen LogP contribution >= 0.6 is 0 Å². The molecule has 264 valence electrons.